The van der Waals surface area contributed by atoms with Crippen LogP contribution in [0.2, 0.25) is 0 Å². The van der Waals surface area contributed by atoms with Gasteiger partial charge < -0.3 is 5.32 Å². The van der Waals surface area contributed by atoms with Crippen LogP contribution in [0.25, 0.3) is 0 Å². The lowest BCUT2D eigenvalue weighted by molar-refractivity contribution is -0.137. The molecule has 0 radical (unpaired) electrons. The summed E-state index contributed by atoms with van der Waals surface area (Å²) in [5.41, 5.74) is 0.869. The Labute approximate surface area is 155 Å². The molecule has 1 fully saturated rings. The molecule has 2 aliphatic rings. The predicted molar refractivity (Wildman–Crippen MR) is 92.4 cm³/mol. The normalized spacial score (nSPS) is 23.5. The average molecular weight is 397 g/mol. The summed E-state index contributed by atoms with van der Waals surface area (Å²) in [6.07, 6.45) is -2.80. The van der Waals surface area contributed by atoms with Crippen LogP contribution in [0.15, 0.2) is 47.5 Å². The molecule has 0 bridgehead atoms. The molecule has 2 aromatic rings. The number of hydrogen-bond donors (Lipinski definition) is 1. The lowest BCUT2D eigenvalue weighted by Gasteiger charge is -2.23. The number of aromatic nitrogens is 1. The summed E-state index contributed by atoms with van der Waals surface area (Å²) in [6.45, 7) is 1.89. The van der Waals surface area contributed by atoms with Gasteiger partial charge in [-0.05, 0) is 48.4 Å². The van der Waals surface area contributed by atoms with Gasteiger partial charge in [0.2, 0.25) is 10.0 Å². The maximum Gasteiger partial charge on any atom is 0.416 e. The van der Waals surface area contributed by atoms with Gasteiger partial charge >= 0.3 is 6.18 Å². The van der Waals surface area contributed by atoms with E-state index in [9.17, 15) is 21.6 Å². The molecule has 1 aromatic heterocycles. The van der Waals surface area contributed by atoms with Gasteiger partial charge in [0.05, 0.1) is 10.5 Å². The van der Waals surface area contributed by atoms with Crippen molar-refractivity contribution in [2.45, 2.75) is 23.5 Å². The van der Waals surface area contributed by atoms with Gasteiger partial charge in [-0.15, -0.1) is 0 Å². The SMILES string of the molecule is O=S(=O)(c1ccc(C(F)(F)F)cc1)N1Cc2cccnc2[C@@H]2CNC[C@H]2C1. The molecule has 2 aliphatic heterocycles. The van der Waals surface area contributed by atoms with Gasteiger partial charge in [0.15, 0.2) is 0 Å². The Morgan fingerprint density at radius 2 is 1.85 bits per heavy atom. The smallest absolute Gasteiger partial charge is 0.316 e. The first-order valence-electron chi connectivity index (χ1n) is 8.59. The van der Waals surface area contributed by atoms with Crippen molar-refractivity contribution in [1.29, 1.82) is 0 Å². The van der Waals surface area contributed by atoms with Crippen LogP contribution >= 0.6 is 0 Å². The van der Waals surface area contributed by atoms with Gasteiger partial charge in [-0.1, -0.05) is 6.07 Å². The molecule has 27 heavy (non-hydrogen) atoms. The van der Waals surface area contributed by atoms with E-state index in [1.165, 1.54) is 4.31 Å². The fourth-order valence-corrected chi connectivity index (χ4v) is 5.30. The number of nitrogens with zero attached hydrogens (tertiary/aromatic N) is 2. The topological polar surface area (TPSA) is 62.3 Å². The van der Waals surface area contributed by atoms with Crippen molar-refractivity contribution in [2.75, 3.05) is 19.6 Å². The summed E-state index contributed by atoms with van der Waals surface area (Å²) in [7, 11) is -3.92. The first-order chi connectivity index (χ1) is 12.8. The highest BCUT2D eigenvalue weighted by Crippen LogP contribution is 2.36. The number of benzene rings is 1. The molecule has 144 valence electrons. The average Bonchev–Trinajstić information content (AvgIpc) is 3.03. The number of sulfonamides is 1. The van der Waals surface area contributed by atoms with Gasteiger partial charge in [-0.3, -0.25) is 4.98 Å². The van der Waals surface area contributed by atoms with E-state index in [-0.39, 0.29) is 23.3 Å². The number of pyridine rings is 1. The minimum absolute atomic E-state index is 0.0744. The van der Waals surface area contributed by atoms with E-state index in [1.54, 1.807) is 12.3 Å². The van der Waals surface area contributed by atoms with Crippen LogP contribution in [0.5, 0.6) is 0 Å². The third-order valence-electron chi connectivity index (χ3n) is 5.22. The van der Waals surface area contributed by atoms with Crippen molar-refractivity contribution in [1.82, 2.24) is 14.6 Å². The fraction of sp³-hybridized carbons (Fsp3) is 0.389. The zero-order chi connectivity index (χ0) is 19.2. The number of nitrogens with one attached hydrogen (secondary N) is 1. The molecule has 0 amide bonds. The molecule has 0 aliphatic carbocycles. The summed E-state index contributed by atoms with van der Waals surface area (Å²) in [6, 6.07) is 7.29. The molecule has 9 heteroatoms. The lowest BCUT2D eigenvalue weighted by atomic mass is 9.91. The second kappa shape index (κ2) is 6.57. The zero-order valence-electron chi connectivity index (χ0n) is 14.3. The van der Waals surface area contributed by atoms with Crippen molar-refractivity contribution < 1.29 is 21.6 Å². The van der Waals surface area contributed by atoms with Gasteiger partial charge in [0.25, 0.3) is 0 Å². The van der Waals surface area contributed by atoms with Crippen LogP contribution in [0.1, 0.15) is 22.7 Å². The minimum atomic E-state index is -4.50. The number of hydrogen-bond acceptors (Lipinski definition) is 4. The van der Waals surface area contributed by atoms with E-state index in [1.807, 2.05) is 6.07 Å². The summed E-state index contributed by atoms with van der Waals surface area (Å²) >= 11 is 0. The third-order valence-corrected chi connectivity index (χ3v) is 7.05. The summed E-state index contributed by atoms with van der Waals surface area (Å²) < 4.78 is 65.9. The number of fused-ring (bicyclic) bond motifs is 3. The van der Waals surface area contributed by atoms with Gasteiger partial charge in [0, 0.05) is 37.4 Å². The Hall–Kier alpha value is -1.97. The van der Waals surface area contributed by atoms with Crippen LogP contribution in [-0.2, 0) is 22.7 Å². The first-order valence-corrected chi connectivity index (χ1v) is 10.0. The molecule has 2 atom stereocenters. The van der Waals surface area contributed by atoms with Crippen LogP contribution in [-0.4, -0.2) is 37.3 Å². The second-order valence-electron chi connectivity index (χ2n) is 6.89. The highest BCUT2D eigenvalue weighted by molar-refractivity contribution is 7.89. The largest absolute Gasteiger partial charge is 0.416 e. The Bertz CT molecular complexity index is 945. The molecule has 1 N–H and O–H groups in total. The Morgan fingerprint density at radius 3 is 2.56 bits per heavy atom. The second-order valence-corrected chi connectivity index (χ2v) is 8.83. The van der Waals surface area contributed by atoms with Crippen molar-refractivity contribution in [3.8, 4) is 0 Å². The molecule has 0 unspecified atom stereocenters. The van der Waals surface area contributed by atoms with Crippen LogP contribution in [0, 0.1) is 5.92 Å². The van der Waals surface area contributed by atoms with E-state index in [0.717, 1.165) is 42.1 Å². The molecule has 0 spiro atoms. The predicted octanol–water partition coefficient (Wildman–Crippen LogP) is 2.61. The maximum absolute atomic E-state index is 13.1. The summed E-state index contributed by atoms with van der Waals surface area (Å²) in [4.78, 5) is 4.33. The monoisotopic (exact) mass is 397 g/mol. The Kier molecular flexibility index (Phi) is 4.48. The zero-order valence-corrected chi connectivity index (χ0v) is 15.1. The third kappa shape index (κ3) is 3.35. The highest BCUT2D eigenvalue weighted by atomic mass is 32.2. The number of alkyl halides is 3. The molecule has 1 aromatic carbocycles. The molecule has 4 rings (SSSR count). The molecular weight excluding hydrogens is 379 g/mol. The lowest BCUT2D eigenvalue weighted by Crippen LogP contribution is -2.35. The fourth-order valence-electron chi connectivity index (χ4n) is 3.83. The molecule has 0 saturated carbocycles. The number of rotatable bonds is 2. The van der Waals surface area contributed by atoms with Crippen LogP contribution < -0.4 is 5.32 Å². The van der Waals surface area contributed by atoms with E-state index in [0.29, 0.717) is 13.1 Å². The maximum atomic E-state index is 13.1. The Balaban J connectivity index is 1.70. The molecule has 3 heterocycles. The van der Waals surface area contributed by atoms with Gasteiger partial charge in [-0.2, -0.15) is 17.5 Å². The Morgan fingerprint density at radius 1 is 1.11 bits per heavy atom. The van der Waals surface area contributed by atoms with Crippen molar-refractivity contribution in [3.05, 3.63) is 59.4 Å². The standard InChI is InChI=1S/C18H18F3N3O2S/c19-18(20,21)14-3-5-15(6-4-14)27(25,26)24-10-12-2-1-7-23-17(12)16-9-22-8-13(16)11-24/h1-7,13,16,22H,8-11H2/t13-,16+/m0/s1. The van der Waals surface area contributed by atoms with Crippen LogP contribution in [0.4, 0.5) is 13.2 Å². The molecule has 5 nitrogen and oxygen atoms in total. The summed E-state index contributed by atoms with van der Waals surface area (Å²) in [5.74, 6) is 0.208. The highest BCUT2D eigenvalue weighted by Gasteiger charge is 2.39. The van der Waals surface area contributed by atoms with E-state index >= 15 is 0 Å². The van der Waals surface area contributed by atoms with Crippen molar-refractivity contribution in [2.24, 2.45) is 5.92 Å². The van der Waals surface area contributed by atoms with Crippen LogP contribution in [0.3, 0.4) is 0 Å². The van der Waals surface area contributed by atoms with E-state index in [4.69, 9.17) is 0 Å². The van der Waals surface area contributed by atoms with E-state index < -0.39 is 21.8 Å². The number of halogens is 3. The first kappa shape index (κ1) is 18.4. The minimum Gasteiger partial charge on any atom is -0.316 e. The van der Waals surface area contributed by atoms with Crippen molar-refractivity contribution in [3.63, 3.8) is 0 Å². The quantitative estimate of drug-likeness (QED) is 0.846. The van der Waals surface area contributed by atoms with Gasteiger partial charge in [0.1, 0.15) is 0 Å². The van der Waals surface area contributed by atoms with Gasteiger partial charge in [-0.25, -0.2) is 8.42 Å². The van der Waals surface area contributed by atoms with E-state index in [2.05, 4.69) is 10.3 Å². The van der Waals surface area contributed by atoms with Crippen molar-refractivity contribution >= 4 is 10.0 Å². The molecular formula is C18H18F3N3O2S. The molecule has 1 saturated heterocycles. The summed E-state index contributed by atoms with van der Waals surface area (Å²) in [5, 5.41) is 3.28.